The second-order valence-electron chi connectivity index (χ2n) is 4.50. The molecule has 0 saturated heterocycles. The predicted molar refractivity (Wildman–Crippen MR) is 81.9 cm³/mol. The van der Waals surface area contributed by atoms with E-state index in [1.54, 1.807) is 36.9 Å². The zero-order valence-electron chi connectivity index (χ0n) is 11.2. The monoisotopic (exact) mass is 275 g/mol. The topological polar surface area (TPSA) is 54.9 Å². The second kappa shape index (κ2) is 5.96. The predicted octanol–water partition coefficient (Wildman–Crippen LogP) is 3.40. The Bertz CT molecular complexity index is 725. The molecular formula is C17H13N3O. The van der Waals surface area contributed by atoms with Crippen LogP contribution in [0, 0.1) is 0 Å². The van der Waals surface area contributed by atoms with Gasteiger partial charge < -0.3 is 5.32 Å². The van der Waals surface area contributed by atoms with Gasteiger partial charge in [-0.05, 0) is 47.5 Å². The molecular weight excluding hydrogens is 262 g/mol. The SMILES string of the molecule is O=C(Nc1ccncc1)c1ccc(-c2ccncc2)cc1. The molecule has 3 aromatic rings. The summed E-state index contributed by atoms with van der Waals surface area (Å²) in [6, 6.07) is 14.9. The molecule has 102 valence electrons. The Hall–Kier alpha value is -3.01. The minimum absolute atomic E-state index is 0.137. The molecule has 1 N–H and O–H groups in total. The van der Waals surface area contributed by atoms with Crippen LogP contribution in [0.5, 0.6) is 0 Å². The van der Waals surface area contributed by atoms with Crippen LogP contribution in [0.25, 0.3) is 11.1 Å². The van der Waals surface area contributed by atoms with Crippen molar-refractivity contribution in [1.29, 1.82) is 0 Å². The van der Waals surface area contributed by atoms with Gasteiger partial charge in [0, 0.05) is 36.0 Å². The summed E-state index contributed by atoms with van der Waals surface area (Å²) in [5.74, 6) is -0.137. The Morgan fingerprint density at radius 1 is 0.714 bits per heavy atom. The number of amides is 1. The van der Waals surface area contributed by atoms with Gasteiger partial charge >= 0.3 is 0 Å². The molecule has 0 fully saturated rings. The van der Waals surface area contributed by atoms with Crippen LogP contribution in [0.2, 0.25) is 0 Å². The molecule has 0 bridgehead atoms. The fourth-order valence-electron chi connectivity index (χ4n) is 2.00. The highest BCUT2D eigenvalue weighted by Crippen LogP contribution is 2.19. The smallest absolute Gasteiger partial charge is 0.255 e. The van der Waals surface area contributed by atoms with Crippen molar-refractivity contribution in [1.82, 2.24) is 9.97 Å². The minimum atomic E-state index is -0.137. The van der Waals surface area contributed by atoms with Gasteiger partial charge in [0.1, 0.15) is 0 Å². The zero-order chi connectivity index (χ0) is 14.5. The summed E-state index contributed by atoms with van der Waals surface area (Å²) in [6.45, 7) is 0. The van der Waals surface area contributed by atoms with E-state index < -0.39 is 0 Å². The average molecular weight is 275 g/mol. The lowest BCUT2D eigenvalue weighted by atomic mass is 10.0. The van der Waals surface area contributed by atoms with Crippen LogP contribution in [0.4, 0.5) is 5.69 Å². The molecule has 0 aliphatic rings. The van der Waals surface area contributed by atoms with Crippen LogP contribution >= 0.6 is 0 Å². The van der Waals surface area contributed by atoms with Crippen molar-refractivity contribution in [3.63, 3.8) is 0 Å². The lowest BCUT2D eigenvalue weighted by molar-refractivity contribution is 0.102. The summed E-state index contributed by atoms with van der Waals surface area (Å²) < 4.78 is 0. The Labute approximate surface area is 122 Å². The van der Waals surface area contributed by atoms with Gasteiger partial charge in [0.2, 0.25) is 0 Å². The molecule has 0 radical (unpaired) electrons. The summed E-state index contributed by atoms with van der Waals surface area (Å²) >= 11 is 0. The Kier molecular flexibility index (Phi) is 3.69. The van der Waals surface area contributed by atoms with Crippen LogP contribution in [0.1, 0.15) is 10.4 Å². The first-order valence-electron chi connectivity index (χ1n) is 6.55. The van der Waals surface area contributed by atoms with E-state index in [0.717, 1.165) is 16.8 Å². The molecule has 0 saturated carbocycles. The van der Waals surface area contributed by atoms with Gasteiger partial charge in [-0.25, -0.2) is 0 Å². The maximum atomic E-state index is 12.1. The van der Waals surface area contributed by atoms with E-state index in [0.29, 0.717) is 5.56 Å². The van der Waals surface area contributed by atoms with Gasteiger partial charge in [0.05, 0.1) is 0 Å². The molecule has 2 heterocycles. The Morgan fingerprint density at radius 2 is 1.24 bits per heavy atom. The maximum absolute atomic E-state index is 12.1. The first-order valence-corrected chi connectivity index (χ1v) is 6.55. The Balaban J connectivity index is 1.77. The minimum Gasteiger partial charge on any atom is -0.322 e. The number of carbonyl (C=O) groups is 1. The Morgan fingerprint density at radius 3 is 1.86 bits per heavy atom. The largest absolute Gasteiger partial charge is 0.322 e. The first kappa shape index (κ1) is 13.0. The fraction of sp³-hybridized carbons (Fsp3) is 0. The number of aromatic nitrogens is 2. The van der Waals surface area contributed by atoms with E-state index in [1.807, 2.05) is 36.4 Å². The lowest BCUT2D eigenvalue weighted by Gasteiger charge is -2.06. The van der Waals surface area contributed by atoms with Gasteiger partial charge in [-0.15, -0.1) is 0 Å². The van der Waals surface area contributed by atoms with Gasteiger partial charge in [0.25, 0.3) is 5.91 Å². The van der Waals surface area contributed by atoms with Crippen LogP contribution in [0.3, 0.4) is 0 Å². The number of hydrogen-bond donors (Lipinski definition) is 1. The number of nitrogens with one attached hydrogen (secondary N) is 1. The number of benzene rings is 1. The summed E-state index contributed by atoms with van der Waals surface area (Å²) in [5, 5.41) is 2.83. The molecule has 4 heteroatoms. The van der Waals surface area contributed by atoms with E-state index in [-0.39, 0.29) is 5.91 Å². The van der Waals surface area contributed by atoms with Gasteiger partial charge in [0.15, 0.2) is 0 Å². The van der Waals surface area contributed by atoms with Crippen molar-refractivity contribution in [3.8, 4) is 11.1 Å². The molecule has 0 spiro atoms. The normalized spacial score (nSPS) is 10.1. The highest BCUT2D eigenvalue weighted by molar-refractivity contribution is 6.04. The number of pyridine rings is 2. The molecule has 21 heavy (non-hydrogen) atoms. The number of rotatable bonds is 3. The molecule has 3 rings (SSSR count). The molecule has 0 unspecified atom stereocenters. The summed E-state index contributed by atoms with van der Waals surface area (Å²) in [5.41, 5.74) is 3.47. The highest BCUT2D eigenvalue weighted by atomic mass is 16.1. The van der Waals surface area contributed by atoms with Crippen molar-refractivity contribution >= 4 is 11.6 Å². The van der Waals surface area contributed by atoms with Crippen LogP contribution in [-0.4, -0.2) is 15.9 Å². The number of carbonyl (C=O) groups excluding carboxylic acids is 1. The molecule has 0 aliphatic heterocycles. The summed E-state index contributed by atoms with van der Waals surface area (Å²) in [6.07, 6.45) is 6.78. The number of hydrogen-bond acceptors (Lipinski definition) is 3. The molecule has 1 amide bonds. The second-order valence-corrected chi connectivity index (χ2v) is 4.50. The molecule has 0 atom stereocenters. The third kappa shape index (κ3) is 3.12. The van der Waals surface area contributed by atoms with Crippen molar-refractivity contribution in [2.24, 2.45) is 0 Å². The average Bonchev–Trinajstić information content (AvgIpc) is 2.57. The molecule has 1 aromatic carbocycles. The van der Waals surface area contributed by atoms with Crippen LogP contribution < -0.4 is 5.32 Å². The van der Waals surface area contributed by atoms with Gasteiger partial charge in [-0.3, -0.25) is 14.8 Å². The zero-order valence-corrected chi connectivity index (χ0v) is 11.2. The van der Waals surface area contributed by atoms with Crippen molar-refractivity contribution in [2.75, 3.05) is 5.32 Å². The molecule has 0 aliphatic carbocycles. The number of anilines is 1. The van der Waals surface area contributed by atoms with Crippen LogP contribution in [0.15, 0.2) is 73.3 Å². The number of nitrogens with zero attached hydrogens (tertiary/aromatic N) is 2. The van der Waals surface area contributed by atoms with E-state index in [1.165, 1.54) is 0 Å². The standard InChI is InChI=1S/C17H13N3O/c21-17(20-16-7-11-19-12-8-16)15-3-1-13(2-4-15)14-5-9-18-10-6-14/h1-12H,(H,19,20,21). The lowest BCUT2D eigenvalue weighted by Crippen LogP contribution is -2.11. The molecule has 2 aromatic heterocycles. The van der Waals surface area contributed by atoms with Crippen LogP contribution in [-0.2, 0) is 0 Å². The van der Waals surface area contributed by atoms with E-state index in [2.05, 4.69) is 15.3 Å². The van der Waals surface area contributed by atoms with Crippen molar-refractivity contribution in [3.05, 3.63) is 78.9 Å². The van der Waals surface area contributed by atoms with Crippen molar-refractivity contribution < 1.29 is 4.79 Å². The van der Waals surface area contributed by atoms with E-state index >= 15 is 0 Å². The summed E-state index contributed by atoms with van der Waals surface area (Å²) in [4.78, 5) is 20.0. The quantitative estimate of drug-likeness (QED) is 0.797. The maximum Gasteiger partial charge on any atom is 0.255 e. The third-order valence-electron chi connectivity index (χ3n) is 3.10. The van der Waals surface area contributed by atoms with Crippen molar-refractivity contribution in [2.45, 2.75) is 0 Å². The first-order chi connectivity index (χ1) is 10.3. The highest BCUT2D eigenvalue weighted by Gasteiger charge is 2.06. The summed E-state index contributed by atoms with van der Waals surface area (Å²) in [7, 11) is 0. The molecule has 4 nitrogen and oxygen atoms in total. The van der Waals surface area contributed by atoms with E-state index in [9.17, 15) is 4.79 Å². The third-order valence-corrected chi connectivity index (χ3v) is 3.10. The van der Waals surface area contributed by atoms with E-state index in [4.69, 9.17) is 0 Å². The fourth-order valence-corrected chi connectivity index (χ4v) is 2.00. The van der Waals surface area contributed by atoms with Gasteiger partial charge in [-0.1, -0.05) is 12.1 Å². The van der Waals surface area contributed by atoms with Gasteiger partial charge in [-0.2, -0.15) is 0 Å².